The van der Waals surface area contributed by atoms with E-state index >= 15 is 0 Å². The maximum absolute atomic E-state index is 13.1. The van der Waals surface area contributed by atoms with Crippen LogP contribution in [0.5, 0.6) is 0 Å². The Hall–Kier alpha value is -2.73. The minimum atomic E-state index is -1.76. The standard InChI is InChI=1S/C23H32N2O13/c1-9(27)24-13-17(14(28)12(8-26)36-22(13)35-3)37-23-16(30)15(29)18(34-2)19(38-23)20(31)25-11-6-4-10(5-7-11)21(32)33/h4-7,12-19,22-23,26,28-30H,8H2,1-3H3,(H,24,27)(H,25,31)(H,32,33)/t12?,13?,14-,15-,16?,17-,18-,19?,22-,23-/m1/s1. The number of aliphatic hydroxyl groups excluding tert-OH is 4. The van der Waals surface area contributed by atoms with Gasteiger partial charge in [-0.2, -0.15) is 0 Å². The van der Waals surface area contributed by atoms with Crippen LogP contribution in [0.2, 0.25) is 0 Å². The van der Waals surface area contributed by atoms with Crippen molar-refractivity contribution < 1.29 is 63.6 Å². The van der Waals surface area contributed by atoms with Crippen LogP contribution in [0, 0.1) is 0 Å². The summed E-state index contributed by atoms with van der Waals surface area (Å²) < 4.78 is 27.4. The fourth-order valence-corrected chi connectivity index (χ4v) is 4.31. The quantitative estimate of drug-likeness (QED) is 0.170. The minimum absolute atomic E-state index is 0.00187. The van der Waals surface area contributed by atoms with Crippen LogP contribution in [0.1, 0.15) is 17.3 Å². The van der Waals surface area contributed by atoms with Crippen molar-refractivity contribution in [3.8, 4) is 0 Å². The third-order valence-corrected chi connectivity index (χ3v) is 6.22. The van der Waals surface area contributed by atoms with Crippen LogP contribution in [-0.2, 0) is 33.3 Å². The van der Waals surface area contributed by atoms with Gasteiger partial charge in [0.2, 0.25) is 5.91 Å². The monoisotopic (exact) mass is 544 g/mol. The lowest BCUT2D eigenvalue weighted by atomic mass is 9.95. The van der Waals surface area contributed by atoms with Crippen LogP contribution < -0.4 is 10.6 Å². The fourth-order valence-electron chi connectivity index (χ4n) is 4.31. The average molecular weight is 545 g/mol. The van der Waals surface area contributed by atoms with Gasteiger partial charge in [0.25, 0.3) is 5.91 Å². The Morgan fingerprint density at radius 3 is 2.11 bits per heavy atom. The van der Waals surface area contributed by atoms with Crippen molar-refractivity contribution in [2.24, 2.45) is 0 Å². The Morgan fingerprint density at radius 1 is 0.921 bits per heavy atom. The van der Waals surface area contributed by atoms with Gasteiger partial charge in [-0.15, -0.1) is 0 Å². The van der Waals surface area contributed by atoms with Crippen molar-refractivity contribution in [1.82, 2.24) is 5.32 Å². The number of carbonyl (C=O) groups excluding carboxylic acids is 2. The first-order valence-corrected chi connectivity index (χ1v) is 11.6. The smallest absolute Gasteiger partial charge is 0.335 e. The van der Waals surface area contributed by atoms with E-state index in [-0.39, 0.29) is 11.3 Å². The lowest BCUT2D eigenvalue weighted by Gasteiger charge is -2.47. The molecule has 38 heavy (non-hydrogen) atoms. The molecule has 2 aliphatic rings. The number of benzene rings is 1. The summed E-state index contributed by atoms with van der Waals surface area (Å²) in [5.74, 6) is -2.49. The van der Waals surface area contributed by atoms with Crippen LogP contribution in [0.15, 0.2) is 24.3 Å². The largest absolute Gasteiger partial charge is 0.478 e. The van der Waals surface area contributed by atoms with Gasteiger partial charge in [-0.05, 0) is 24.3 Å². The van der Waals surface area contributed by atoms with Crippen molar-refractivity contribution in [1.29, 1.82) is 0 Å². The van der Waals surface area contributed by atoms with Gasteiger partial charge in [0.15, 0.2) is 18.7 Å². The minimum Gasteiger partial charge on any atom is -0.478 e. The zero-order valence-electron chi connectivity index (χ0n) is 20.8. The molecule has 15 heteroatoms. The van der Waals surface area contributed by atoms with E-state index in [1.807, 2.05) is 0 Å². The van der Waals surface area contributed by atoms with Gasteiger partial charge in [0.05, 0.1) is 12.2 Å². The lowest BCUT2D eigenvalue weighted by Crippen LogP contribution is -2.68. The predicted octanol–water partition coefficient (Wildman–Crippen LogP) is -2.60. The highest BCUT2D eigenvalue weighted by Crippen LogP contribution is 2.30. The van der Waals surface area contributed by atoms with Gasteiger partial charge in [-0.3, -0.25) is 9.59 Å². The number of rotatable bonds is 9. The van der Waals surface area contributed by atoms with E-state index in [0.717, 1.165) is 0 Å². The van der Waals surface area contributed by atoms with Crippen molar-refractivity contribution in [3.63, 3.8) is 0 Å². The maximum atomic E-state index is 13.1. The number of carbonyl (C=O) groups is 3. The number of amides is 2. The molecule has 2 saturated heterocycles. The Kier molecular flexibility index (Phi) is 10.1. The maximum Gasteiger partial charge on any atom is 0.335 e. The third-order valence-electron chi connectivity index (χ3n) is 6.22. The number of methoxy groups -OCH3 is 2. The lowest BCUT2D eigenvalue weighted by molar-refractivity contribution is -0.338. The molecule has 0 spiro atoms. The van der Waals surface area contributed by atoms with Crippen molar-refractivity contribution >= 4 is 23.5 Å². The van der Waals surface area contributed by atoms with Gasteiger partial charge in [-0.1, -0.05) is 0 Å². The van der Waals surface area contributed by atoms with Gasteiger partial charge in [-0.25, -0.2) is 4.79 Å². The molecule has 3 rings (SSSR count). The van der Waals surface area contributed by atoms with E-state index in [2.05, 4.69) is 10.6 Å². The number of aromatic carboxylic acids is 1. The fraction of sp³-hybridized carbons (Fsp3) is 0.609. The molecule has 2 heterocycles. The topological polar surface area (TPSA) is 223 Å². The van der Waals surface area contributed by atoms with Gasteiger partial charge >= 0.3 is 5.97 Å². The van der Waals surface area contributed by atoms with E-state index in [4.69, 9.17) is 28.8 Å². The first kappa shape index (κ1) is 29.8. The number of nitrogens with one attached hydrogen (secondary N) is 2. The van der Waals surface area contributed by atoms with E-state index in [9.17, 15) is 34.8 Å². The first-order valence-electron chi connectivity index (χ1n) is 11.6. The second-order valence-corrected chi connectivity index (χ2v) is 8.76. The van der Waals surface area contributed by atoms with Crippen molar-refractivity contribution in [2.45, 2.75) is 68.3 Å². The molecule has 2 amide bonds. The summed E-state index contributed by atoms with van der Waals surface area (Å²) in [6.07, 6.45) is -13.3. The van der Waals surface area contributed by atoms with Crippen LogP contribution in [0.4, 0.5) is 5.69 Å². The molecule has 2 aliphatic heterocycles. The SMILES string of the molecule is CO[C@@H]1OC(CO)[C@@H](O)[C@H](O[C@@H]2OC(C(=O)Nc3ccc(C(=O)O)cc3)[C@H](OC)[C@H](O)C2O)C1NC(C)=O. The Labute approximate surface area is 217 Å². The second-order valence-electron chi connectivity index (χ2n) is 8.76. The highest BCUT2D eigenvalue weighted by atomic mass is 16.7. The highest BCUT2D eigenvalue weighted by molar-refractivity contribution is 5.95. The zero-order chi connectivity index (χ0) is 28.1. The Morgan fingerprint density at radius 2 is 1.58 bits per heavy atom. The molecule has 0 aliphatic carbocycles. The van der Waals surface area contributed by atoms with E-state index in [1.54, 1.807) is 0 Å². The summed E-state index contributed by atoms with van der Waals surface area (Å²) in [5, 5.41) is 55.9. The number of anilines is 1. The average Bonchev–Trinajstić information content (AvgIpc) is 2.88. The number of carboxylic acid groups (broad SMARTS) is 1. The summed E-state index contributed by atoms with van der Waals surface area (Å²) in [7, 11) is 2.46. The molecular weight excluding hydrogens is 512 g/mol. The molecule has 2 fully saturated rings. The van der Waals surface area contributed by atoms with Crippen LogP contribution in [0.25, 0.3) is 0 Å². The highest BCUT2D eigenvalue weighted by Gasteiger charge is 2.53. The summed E-state index contributed by atoms with van der Waals surface area (Å²) in [4.78, 5) is 35.9. The molecule has 4 unspecified atom stereocenters. The Bertz CT molecular complexity index is 977. The summed E-state index contributed by atoms with van der Waals surface area (Å²) in [6, 6.07) is 4.11. The van der Waals surface area contributed by atoms with Gasteiger partial charge in [0, 0.05) is 26.8 Å². The number of carboxylic acids is 1. The van der Waals surface area contributed by atoms with Crippen LogP contribution in [0.3, 0.4) is 0 Å². The Balaban J connectivity index is 1.84. The molecule has 15 nitrogen and oxygen atoms in total. The number of ether oxygens (including phenoxy) is 5. The summed E-state index contributed by atoms with van der Waals surface area (Å²) in [6.45, 7) is 0.568. The van der Waals surface area contributed by atoms with Crippen molar-refractivity contribution in [3.05, 3.63) is 29.8 Å². The predicted molar refractivity (Wildman–Crippen MR) is 125 cm³/mol. The molecule has 1 aromatic carbocycles. The van der Waals surface area contributed by atoms with Gasteiger partial charge < -0.3 is 59.9 Å². The van der Waals surface area contributed by atoms with Crippen molar-refractivity contribution in [2.75, 3.05) is 26.1 Å². The summed E-state index contributed by atoms with van der Waals surface area (Å²) >= 11 is 0. The molecular formula is C23H32N2O13. The number of hydrogen-bond donors (Lipinski definition) is 7. The number of hydrogen-bond acceptors (Lipinski definition) is 12. The van der Waals surface area contributed by atoms with E-state index in [1.165, 1.54) is 45.4 Å². The van der Waals surface area contributed by atoms with Gasteiger partial charge in [0.1, 0.15) is 42.7 Å². The van der Waals surface area contributed by atoms with Crippen LogP contribution >= 0.6 is 0 Å². The number of aliphatic hydroxyl groups is 4. The summed E-state index contributed by atoms with van der Waals surface area (Å²) in [5.41, 5.74) is 0.216. The third kappa shape index (κ3) is 6.45. The normalized spacial score (nSPS) is 35.3. The molecule has 10 atom stereocenters. The van der Waals surface area contributed by atoms with Crippen LogP contribution in [-0.4, -0.2) is 125 Å². The molecule has 0 radical (unpaired) electrons. The zero-order valence-corrected chi connectivity index (χ0v) is 20.8. The molecule has 212 valence electrons. The molecule has 0 bridgehead atoms. The van der Waals surface area contributed by atoms with E-state index in [0.29, 0.717) is 0 Å². The first-order chi connectivity index (χ1) is 18.0. The molecule has 1 aromatic rings. The molecule has 0 saturated carbocycles. The molecule has 0 aromatic heterocycles. The molecule has 7 N–H and O–H groups in total. The second kappa shape index (κ2) is 12.9. The van der Waals surface area contributed by atoms with E-state index < -0.39 is 85.7 Å².